The summed E-state index contributed by atoms with van der Waals surface area (Å²) in [7, 11) is 3.13. The molecule has 11 heteroatoms. The third-order valence-electron chi connectivity index (χ3n) is 7.71. The number of primary amides is 1. The molecule has 1 saturated carbocycles. The molecule has 11 nitrogen and oxygen atoms in total. The van der Waals surface area contributed by atoms with Crippen molar-refractivity contribution < 1.29 is 39.6 Å². The normalized spacial score (nSPS) is 27.5. The van der Waals surface area contributed by atoms with Crippen molar-refractivity contribution in [1.29, 1.82) is 0 Å². The van der Waals surface area contributed by atoms with Crippen molar-refractivity contribution in [1.82, 2.24) is 9.96 Å². The third-order valence-corrected chi connectivity index (χ3v) is 7.71. The molecule has 0 bridgehead atoms. The maximum atomic E-state index is 13.8. The molecular weight excluding hydrogens is 482 g/mol. The fourth-order valence-corrected chi connectivity index (χ4v) is 6.08. The minimum atomic E-state index is -2.65. The number of aromatic hydroxyl groups is 1. The van der Waals surface area contributed by atoms with E-state index < -0.39 is 58.0 Å². The zero-order valence-corrected chi connectivity index (χ0v) is 21.3. The molecule has 0 radical (unpaired) electrons. The summed E-state index contributed by atoms with van der Waals surface area (Å²) in [6, 6.07) is 2.03. The predicted molar refractivity (Wildman–Crippen MR) is 132 cm³/mol. The number of aliphatic hydroxyl groups excluding tert-OH is 2. The Balaban J connectivity index is 1.90. The van der Waals surface area contributed by atoms with Gasteiger partial charge in [0.05, 0.1) is 18.2 Å². The van der Waals surface area contributed by atoms with Gasteiger partial charge in [0, 0.05) is 24.6 Å². The van der Waals surface area contributed by atoms with Crippen LogP contribution in [0.25, 0.3) is 5.76 Å². The molecule has 1 amide bonds. The summed E-state index contributed by atoms with van der Waals surface area (Å²) in [5.74, 6) is -6.65. The van der Waals surface area contributed by atoms with Gasteiger partial charge in [0.25, 0.3) is 5.91 Å². The van der Waals surface area contributed by atoms with Gasteiger partial charge in [0.2, 0.25) is 5.78 Å². The predicted octanol–water partition coefficient (Wildman–Crippen LogP) is 0.737. The second kappa shape index (κ2) is 9.56. The van der Waals surface area contributed by atoms with Gasteiger partial charge in [0.15, 0.2) is 11.4 Å². The van der Waals surface area contributed by atoms with E-state index in [-0.39, 0.29) is 29.7 Å². The fourth-order valence-electron chi connectivity index (χ4n) is 6.08. The standard InChI is InChI=1S/C26H33N3O8/c1-5-29(37-6-2)11-12-7-8-16(30)18-14(12)9-13-10-15-20(28(3)4)22(32)19(25(27)35)24(34)26(15,36)23(33)17(13)21(18)31/h7-8,13,15,20,30-31,34,36H,5-6,9-11H2,1-4H3,(H2,27,35)/t13-,15-,20+,26-/m0/s1. The SMILES string of the molecule is CCON(CC)Cc1ccc(O)c2c1C[C@H]1C[C@H]3[C@@H](N(C)C)C(=O)C(C(N)=O)=C(O)[C@@]3(O)C(=O)C1=C2O. The van der Waals surface area contributed by atoms with Crippen LogP contribution in [0.3, 0.4) is 0 Å². The lowest BCUT2D eigenvalue weighted by Crippen LogP contribution is -2.65. The Hall–Kier alpha value is -3.25. The van der Waals surface area contributed by atoms with Gasteiger partial charge in [-0.2, -0.15) is 5.06 Å². The van der Waals surface area contributed by atoms with Crippen LogP contribution < -0.4 is 5.73 Å². The first-order valence-corrected chi connectivity index (χ1v) is 12.3. The highest BCUT2D eigenvalue weighted by molar-refractivity contribution is 6.24. The van der Waals surface area contributed by atoms with E-state index in [2.05, 4.69) is 0 Å². The molecular formula is C26H33N3O8. The van der Waals surface area contributed by atoms with Crippen molar-refractivity contribution in [3.05, 3.63) is 45.7 Å². The van der Waals surface area contributed by atoms with E-state index in [1.54, 1.807) is 25.2 Å². The number of fused-ring (bicyclic) bond motifs is 3. The van der Waals surface area contributed by atoms with Gasteiger partial charge in [-0.1, -0.05) is 13.0 Å². The highest BCUT2D eigenvalue weighted by Gasteiger charge is 2.64. The van der Waals surface area contributed by atoms with Gasteiger partial charge in [0.1, 0.15) is 22.8 Å². The summed E-state index contributed by atoms with van der Waals surface area (Å²) >= 11 is 0. The Morgan fingerprint density at radius 1 is 1.19 bits per heavy atom. The van der Waals surface area contributed by atoms with Crippen LogP contribution in [0.4, 0.5) is 0 Å². The van der Waals surface area contributed by atoms with Crippen molar-refractivity contribution >= 4 is 23.2 Å². The Morgan fingerprint density at radius 3 is 2.43 bits per heavy atom. The molecule has 0 saturated heterocycles. The molecule has 0 heterocycles. The average Bonchev–Trinajstić information content (AvgIpc) is 2.82. The van der Waals surface area contributed by atoms with Crippen molar-refractivity contribution in [3.8, 4) is 5.75 Å². The molecule has 0 aliphatic heterocycles. The van der Waals surface area contributed by atoms with Crippen LogP contribution in [-0.2, 0) is 32.2 Å². The van der Waals surface area contributed by atoms with E-state index >= 15 is 0 Å². The second-order valence-electron chi connectivity index (χ2n) is 9.93. The molecule has 1 aromatic carbocycles. The Bertz CT molecular complexity index is 1240. The first kappa shape index (κ1) is 26.8. The van der Waals surface area contributed by atoms with Crippen LogP contribution in [0, 0.1) is 11.8 Å². The first-order valence-electron chi connectivity index (χ1n) is 12.3. The number of hydrogen-bond donors (Lipinski definition) is 5. The van der Waals surface area contributed by atoms with E-state index in [0.29, 0.717) is 25.3 Å². The molecule has 0 aromatic heterocycles. The number of amides is 1. The van der Waals surface area contributed by atoms with E-state index in [1.807, 2.05) is 13.8 Å². The summed E-state index contributed by atoms with van der Waals surface area (Å²) in [5.41, 5.74) is 3.17. The average molecular weight is 516 g/mol. The van der Waals surface area contributed by atoms with Gasteiger partial charge in [-0.25, -0.2) is 0 Å². The second-order valence-corrected chi connectivity index (χ2v) is 9.93. The van der Waals surface area contributed by atoms with Gasteiger partial charge in [-0.3, -0.25) is 24.1 Å². The number of phenols is 1. The quantitative estimate of drug-likeness (QED) is 0.257. The highest BCUT2D eigenvalue weighted by atomic mass is 16.7. The number of likely N-dealkylation sites (N-methyl/N-ethyl adjacent to an activating group) is 1. The number of benzene rings is 1. The van der Waals surface area contributed by atoms with Gasteiger partial charge < -0.3 is 26.2 Å². The minimum absolute atomic E-state index is 0.0454. The lowest BCUT2D eigenvalue weighted by molar-refractivity contribution is -0.159. The van der Waals surface area contributed by atoms with Crippen molar-refractivity contribution in [2.75, 3.05) is 27.2 Å². The van der Waals surface area contributed by atoms with E-state index in [0.717, 1.165) is 5.56 Å². The van der Waals surface area contributed by atoms with E-state index in [9.17, 15) is 34.8 Å². The molecule has 3 aliphatic rings. The highest BCUT2D eigenvalue weighted by Crippen LogP contribution is 2.53. The number of phenolic OH excluding ortho intramolecular Hbond substituents is 1. The number of hydroxylamine groups is 2. The number of ketones is 2. The lowest BCUT2D eigenvalue weighted by atomic mass is 9.57. The zero-order valence-electron chi connectivity index (χ0n) is 21.3. The molecule has 1 aromatic rings. The fraction of sp³-hybridized carbons (Fsp3) is 0.500. The largest absolute Gasteiger partial charge is 0.508 e. The number of carbonyl (C=O) groups is 3. The number of nitrogens with zero attached hydrogens (tertiary/aromatic N) is 2. The van der Waals surface area contributed by atoms with Gasteiger partial charge in [-0.15, -0.1) is 0 Å². The molecule has 3 aliphatic carbocycles. The van der Waals surface area contributed by atoms with E-state index in [1.165, 1.54) is 11.0 Å². The number of nitrogens with two attached hydrogens (primary N) is 1. The Morgan fingerprint density at radius 2 is 1.86 bits per heavy atom. The topological polar surface area (TPSA) is 174 Å². The zero-order chi connectivity index (χ0) is 27.4. The Kier molecular flexibility index (Phi) is 6.93. The van der Waals surface area contributed by atoms with Crippen molar-refractivity contribution in [2.24, 2.45) is 17.6 Å². The number of Topliss-reactive ketones (excluding diaryl/α,β-unsaturated/α-hetero) is 2. The van der Waals surface area contributed by atoms with Gasteiger partial charge >= 0.3 is 0 Å². The molecule has 6 N–H and O–H groups in total. The first-order chi connectivity index (χ1) is 17.4. The lowest BCUT2D eigenvalue weighted by Gasteiger charge is -2.50. The molecule has 4 rings (SSSR count). The number of aliphatic hydroxyl groups is 3. The van der Waals surface area contributed by atoms with Crippen LogP contribution in [0.15, 0.2) is 29.0 Å². The summed E-state index contributed by atoms with van der Waals surface area (Å²) < 4.78 is 0. The molecule has 200 valence electrons. The smallest absolute Gasteiger partial charge is 0.255 e. The minimum Gasteiger partial charge on any atom is -0.508 e. The van der Waals surface area contributed by atoms with Gasteiger partial charge in [-0.05, 0) is 57.0 Å². The summed E-state index contributed by atoms with van der Waals surface area (Å²) in [5, 5.41) is 46.2. The molecule has 0 unspecified atom stereocenters. The summed E-state index contributed by atoms with van der Waals surface area (Å²) in [6.07, 6.45) is 0.283. The van der Waals surface area contributed by atoms with Crippen LogP contribution in [-0.4, -0.2) is 86.8 Å². The van der Waals surface area contributed by atoms with E-state index in [4.69, 9.17) is 10.6 Å². The van der Waals surface area contributed by atoms with Crippen molar-refractivity contribution in [3.63, 3.8) is 0 Å². The Labute approximate surface area is 214 Å². The molecule has 37 heavy (non-hydrogen) atoms. The number of rotatable bonds is 7. The number of hydrogen-bond acceptors (Lipinski definition) is 10. The monoisotopic (exact) mass is 515 g/mol. The molecule has 0 spiro atoms. The molecule has 1 fully saturated rings. The van der Waals surface area contributed by atoms with Crippen molar-refractivity contribution in [2.45, 2.75) is 44.9 Å². The molecule has 4 atom stereocenters. The summed E-state index contributed by atoms with van der Waals surface area (Å²) in [6.45, 7) is 5.22. The third kappa shape index (κ3) is 3.93. The maximum Gasteiger partial charge on any atom is 0.255 e. The van der Waals surface area contributed by atoms with Crippen LogP contribution in [0.1, 0.15) is 37.0 Å². The van der Waals surface area contributed by atoms with Crippen LogP contribution >= 0.6 is 0 Å². The van der Waals surface area contributed by atoms with Crippen LogP contribution in [0.5, 0.6) is 5.75 Å². The summed E-state index contributed by atoms with van der Waals surface area (Å²) in [4.78, 5) is 46.2. The maximum absolute atomic E-state index is 13.8. The number of carbonyl (C=O) groups excluding carboxylic acids is 3. The van der Waals surface area contributed by atoms with Crippen LogP contribution in [0.2, 0.25) is 0 Å².